The Labute approximate surface area is 71.4 Å². The summed E-state index contributed by atoms with van der Waals surface area (Å²) in [6.07, 6.45) is 4.76. The van der Waals surface area contributed by atoms with Crippen molar-refractivity contribution in [3.63, 3.8) is 0 Å². The molecule has 0 amide bonds. The molecule has 12 heavy (non-hydrogen) atoms. The minimum atomic E-state index is 0.0815. The number of hydrogen-bond donors (Lipinski definition) is 1. The number of hydrogen-bond acceptors (Lipinski definition) is 3. The highest BCUT2D eigenvalue weighted by Gasteiger charge is 2.02. The second-order valence-corrected chi connectivity index (χ2v) is 2.70. The number of imidazole rings is 1. The van der Waals surface area contributed by atoms with E-state index < -0.39 is 0 Å². The summed E-state index contributed by atoms with van der Waals surface area (Å²) >= 11 is 0. The van der Waals surface area contributed by atoms with E-state index in [0.717, 1.165) is 5.82 Å². The van der Waals surface area contributed by atoms with Gasteiger partial charge in [-0.1, -0.05) is 0 Å². The lowest BCUT2D eigenvalue weighted by molar-refractivity contribution is -0.117. The Morgan fingerprint density at radius 2 is 2.50 bits per heavy atom. The lowest BCUT2D eigenvalue weighted by atomic mass is 10.2. The molecule has 0 spiro atoms. The van der Waals surface area contributed by atoms with Crippen molar-refractivity contribution >= 4 is 5.78 Å². The molecule has 0 radical (unpaired) electrons. The van der Waals surface area contributed by atoms with Crippen LogP contribution in [0.2, 0.25) is 0 Å². The summed E-state index contributed by atoms with van der Waals surface area (Å²) in [6.45, 7) is 0.129. The third-order valence-electron chi connectivity index (χ3n) is 1.78. The molecule has 0 aliphatic carbocycles. The molecule has 4 nitrogen and oxygen atoms in total. The van der Waals surface area contributed by atoms with E-state index in [1.165, 1.54) is 0 Å². The second-order valence-electron chi connectivity index (χ2n) is 2.70. The van der Waals surface area contributed by atoms with E-state index in [1.807, 2.05) is 17.8 Å². The van der Waals surface area contributed by atoms with E-state index in [1.54, 1.807) is 6.20 Å². The molecule has 0 unspecified atom stereocenters. The Morgan fingerprint density at radius 1 is 1.75 bits per heavy atom. The fourth-order valence-electron chi connectivity index (χ4n) is 0.991. The molecule has 0 aliphatic heterocycles. The van der Waals surface area contributed by atoms with E-state index in [-0.39, 0.29) is 12.3 Å². The van der Waals surface area contributed by atoms with Gasteiger partial charge in [0.05, 0.1) is 6.54 Å². The highest BCUT2D eigenvalue weighted by molar-refractivity contribution is 5.80. The molecule has 0 saturated carbocycles. The molecular formula is C8H13N3O. The van der Waals surface area contributed by atoms with Gasteiger partial charge in [0.25, 0.3) is 0 Å². The quantitative estimate of drug-likeness (QED) is 0.680. The number of rotatable bonds is 4. The fraction of sp³-hybridized carbons (Fsp3) is 0.500. The van der Waals surface area contributed by atoms with E-state index in [4.69, 9.17) is 5.73 Å². The van der Waals surface area contributed by atoms with Crippen LogP contribution < -0.4 is 5.73 Å². The SMILES string of the molecule is Cn1ccnc1CCC(=O)CN. The van der Waals surface area contributed by atoms with Crippen molar-refractivity contribution in [1.82, 2.24) is 9.55 Å². The molecule has 0 bridgehead atoms. The first-order valence-corrected chi connectivity index (χ1v) is 3.92. The maximum atomic E-state index is 10.9. The monoisotopic (exact) mass is 167 g/mol. The first kappa shape index (κ1) is 8.93. The maximum Gasteiger partial charge on any atom is 0.146 e. The Morgan fingerprint density at radius 3 is 3.00 bits per heavy atom. The van der Waals surface area contributed by atoms with Gasteiger partial charge < -0.3 is 10.3 Å². The van der Waals surface area contributed by atoms with Gasteiger partial charge in [0.15, 0.2) is 0 Å². The van der Waals surface area contributed by atoms with E-state index in [9.17, 15) is 4.79 Å². The second kappa shape index (κ2) is 4.01. The number of nitrogens with two attached hydrogens (primary N) is 1. The third-order valence-corrected chi connectivity index (χ3v) is 1.78. The van der Waals surface area contributed by atoms with Crippen LogP contribution >= 0.6 is 0 Å². The molecule has 0 fully saturated rings. The predicted octanol–water partition coefficient (Wildman–Crippen LogP) is -0.120. The number of Topliss-reactive ketones (excluding diaryl/α,β-unsaturated/α-hetero) is 1. The van der Waals surface area contributed by atoms with Gasteiger partial charge in [-0.05, 0) is 0 Å². The number of aryl methyl sites for hydroxylation is 2. The van der Waals surface area contributed by atoms with Gasteiger partial charge in [0.2, 0.25) is 0 Å². The number of aromatic nitrogens is 2. The highest BCUT2D eigenvalue weighted by Crippen LogP contribution is 1.98. The molecule has 0 aliphatic rings. The normalized spacial score (nSPS) is 10.2. The Hall–Kier alpha value is -1.16. The van der Waals surface area contributed by atoms with E-state index >= 15 is 0 Å². The topological polar surface area (TPSA) is 60.9 Å². The zero-order chi connectivity index (χ0) is 8.97. The molecule has 1 aromatic rings. The molecule has 1 heterocycles. The van der Waals surface area contributed by atoms with Crippen LogP contribution in [-0.4, -0.2) is 21.9 Å². The van der Waals surface area contributed by atoms with Crippen LogP contribution in [0.15, 0.2) is 12.4 Å². The first-order valence-electron chi connectivity index (χ1n) is 3.92. The van der Waals surface area contributed by atoms with E-state index in [0.29, 0.717) is 12.8 Å². The van der Waals surface area contributed by atoms with Crippen molar-refractivity contribution in [3.05, 3.63) is 18.2 Å². The fourth-order valence-corrected chi connectivity index (χ4v) is 0.991. The van der Waals surface area contributed by atoms with E-state index in [2.05, 4.69) is 4.98 Å². The summed E-state index contributed by atoms with van der Waals surface area (Å²) in [4.78, 5) is 14.9. The average Bonchev–Trinajstić information content (AvgIpc) is 2.47. The summed E-state index contributed by atoms with van der Waals surface area (Å²) in [5, 5.41) is 0. The van der Waals surface area contributed by atoms with Crippen LogP contribution in [0.3, 0.4) is 0 Å². The van der Waals surface area contributed by atoms with Gasteiger partial charge in [-0.3, -0.25) is 4.79 Å². The predicted molar refractivity (Wildman–Crippen MR) is 45.6 cm³/mol. The average molecular weight is 167 g/mol. The Bertz CT molecular complexity index is 267. The third kappa shape index (κ3) is 2.17. The van der Waals surface area contributed by atoms with Gasteiger partial charge >= 0.3 is 0 Å². The molecule has 66 valence electrons. The zero-order valence-corrected chi connectivity index (χ0v) is 7.16. The van der Waals surface area contributed by atoms with Crippen LogP contribution in [0.4, 0.5) is 0 Å². The van der Waals surface area contributed by atoms with Crippen molar-refractivity contribution in [3.8, 4) is 0 Å². The Kier molecular flexibility index (Phi) is 2.99. The first-order chi connectivity index (χ1) is 5.74. The summed E-state index contributed by atoms with van der Waals surface area (Å²) < 4.78 is 1.91. The summed E-state index contributed by atoms with van der Waals surface area (Å²) in [6, 6.07) is 0. The van der Waals surface area contributed by atoms with Crippen LogP contribution in [0.1, 0.15) is 12.2 Å². The van der Waals surface area contributed by atoms with Crippen molar-refractivity contribution < 1.29 is 4.79 Å². The van der Waals surface area contributed by atoms with Crippen LogP contribution in [0, 0.1) is 0 Å². The summed E-state index contributed by atoms with van der Waals surface area (Å²) in [5.41, 5.74) is 5.17. The van der Waals surface area contributed by atoms with Gasteiger partial charge in [0, 0.05) is 32.3 Å². The smallest absolute Gasteiger partial charge is 0.146 e. The van der Waals surface area contributed by atoms with Crippen molar-refractivity contribution in [2.75, 3.05) is 6.54 Å². The van der Waals surface area contributed by atoms with Crippen LogP contribution in [0.5, 0.6) is 0 Å². The standard InChI is InChI=1S/C8H13N3O/c1-11-5-4-10-8(11)3-2-7(12)6-9/h4-5H,2-3,6,9H2,1H3. The van der Waals surface area contributed by atoms with Crippen molar-refractivity contribution in [2.24, 2.45) is 12.8 Å². The summed E-state index contributed by atoms with van der Waals surface area (Å²) in [7, 11) is 1.91. The molecule has 0 saturated heterocycles. The van der Waals surface area contributed by atoms with Gasteiger partial charge in [-0.25, -0.2) is 4.98 Å². The molecule has 0 atom stereocenters. The van der Waals surface area contributed by atoms with Gasteiger partial charge in [-0.2, -0.15) is 0 Å². The number of carbonyl (C=O) groups is 1. The molecule has 4 heteroatoms. The molecule has 1 aromatic heterocycles. The molecular weight excluding hydrogens is 154 g/mol. The van der Waals surface area contributed by atoms with Gasteiger partial charge in [-0.15, -0.1) is 0 Å². The van der Waals surface area contributed by atoms with Crippen LogP contribution in [-0.2, 0) is 18.3 Å². The Balaban J connectivity index is 2.43. The minimum absolute atomic E-state index is 0.0815. The lowest BCUT2D eigenvalue weighted by Crippen LogP contribution is -2.14. The minimum Gasteiger partial charge on any atom is -0.338 e. The number of carbonyl (C=O) groups excluding carboxylic acids is 1. The molecule has 2 N–H and O–H groups in total. The van der Waals surface area contributed by atoms with Crippen molar-refractivity contribution in [2.45, 2.75) is 12.8 Å². The number of ketones is 1. The molecule has 0 aromatic carbocycles. The summed E-state index contributed by atoms with van der Waals surface area (Å²) in [5.74, 6) is 1.01. The largest absolute Gasteiger partial charge is 0.338 e. The number of nitrogens with zero attached hydrogens (tertiary/aromatic N) is 2. The highest BCUT2D eigenvalue weighted by atomic mass is 16.1. The van der Waals surface area contributed by atoms with Crippen molar-refractivity contribution in [1.29, 1.82) is 0 Å². The maximum absolute atomic E-state index is 10.9. The lowest BCUT2D eigenvalue weighted by Gasteiger charge is -1.99. The van der Waals surface area contributed by atoms with Gasteiger partial charge in [0.1, 0.15) is 11.6 Å². The molecule has 1 rings (SSSR count). The zero-order valence-electron chi connectivity index (χ0n) is 7.16. The van der Waals surface area contributed by atoms with Crippen LogP contribution in [0.25, 0.3) is 0 Å².